The lowest BCUT2D eigenvalue weighted by molar-refractivity contribution is 0.435. The highest BCUT2D eigenvalue weighted by atomic mass is 19.1. The Morgan fingerprint density at radius 1 is 1.44 bits per heavy atom. The molecule has 100 valence electrons. The third-order valence-electron chi connectivity index (χ3n) is 3.56. The van der Waals surface area contributed by atoms with E-state index in [-0.39, 0.29) is 5.82 Å². The standard InChI is InChI=1S/C14H22FN3/c1-3-16-9-12-8-13(15)10-17-14(12)18-6-4-11(2)5-7-18/h8,10-11,16H,3-7,9H2,1-2H3. The molecule has 18 heavy (non-hydrogen) atoms. The van der Waals surface area contributed by atoms with Crippen LogP contribution in [0.15, 0.2) is 12.3 Å². The van der Waals surface area contributed by atoms with Crippen molar-refractivity contribution in [2.24, 2.45) is 5.92 Å². The first-order valence-corrected chi connectivity index (χ1v) is 6.80. The van der Waals surface area contributed by atoms with Gasteiger partial charge in [-0.15, -0.1) is 0 Å². The number of halogens is 1. The van der Waals surface area contributed by atoms with E-state index >= 15 is 0 Å². The van der Waals surface area contributed by atoms with Gasteiger partial charge in [-0.25, -0.2) is 9.37 Å². The molecular weight excluding hydrogens is 229 g/mol. The first-order valence-electron chi connectivity index (χ1n) is 6.80. The van der Waals surface area contributed by atoms with Gasteiger partial charge in [0.05, 0.1) is 6.20 Å². The van der Waals surface area contributed by atoms with Gasteiger partial charge in [0.2, 0.25) is 0 Å². The molecule has 0 aliphatic carbocycles. The van der Waals surface area contributed by atoms with Crippen molar-refractivity contribution in [1.82, 2.24) is 10.3 Å². The lowest BCUT2D eigenvalue weighted by atomic mass is 9.99. The molecule has 1 N–H and O–H groups in total. The number of anilines is 1. The Morgan fingerprint density at radius 3 is 2.83 bits per heavy atom. The maximum Gasteiger partial charge on any atom is 0.141 e. The number of hydrogen-bond donors (Lipinski definition) is 1. The smallest absolute Gasteiger partial charge is 0.141 e. The van der Waals surface area contributed by atoms with Gasteiger partial charge in [-0.1, -0.05) is 13.8 Å². The first-order chi connectivity index (χ1) is 8.70. The van der Waals surface area contributed by atoms with E-state index in [0.29, 0.717) is 6.54 Å². The fraction of sp³-hybridized carbons (Fsp3) is 0.643. The Morgan fingerprint density at radius 2 is 2.17 bits per heavy atom. The van der Waals surface area contributed by atoms with E-state index in [0.717, 1.165) is 36.9 Å². The van der Waals surface area contributed by atoms with Crippen LogP contribution in [0.1, 0.15) is 32.3 Å². The summed E-state index contributed by atoms with van der Waals surface area (Å²) in [5.74, 6) is 1.49. The fourth-order valence-corrected chi connectivity index (χ4v) is 2.37. The van der Waals surface area contributed by atoms with E-state index in [1.54, 1.807) is 6.07 Å². The monoisotopic (exact) mass is 251 g/mol. The minimum atomic E-state index is -0.253. The normalized spacial score (nSPS) is 17.2. The molecule has 0 saturated carbocycles. The molecule has 0 radical (unpaired) electrons. The molecule has 1 saturated heterocycles. The summed E-state index contributed by atoms with van der Waals surface area (Å²) in [6.45, 7) is 7.96. The third kappa shape index (κ3) is 3.19. The van der Waals surface area contributed by atoms with Gasteiger partial charge in [-0.2, -0.15) is 0 Å². The quantitative estimate of drug-likeness (QED) is 0.891. The van der Waals surface area contributed by atoms with E-state index < -0.39 is 0 Å². The van der Waals surface area contributed by atoms with Crippen molar-refractivity contribution in [3.63, 3.8) is 0 Å². The molecule has 1 fully saturated rings. The second kappa shape index (κ2) is 6.14. The van der Waals surface area contributed by atoms with Gasteiger partial charge in [0.25, 0.3) is 0 Å². The van der Waals surface area contributed by atoms with Crippen LogP contribution in [0.5, 0.6) is 0 Å². The average molecular weight is 251 g/mol. The van der Waals surface area contributed by atoms with Crippen molar-refractivity contribution in [2.75, 3.05) is 24.5 Å². The summed E-state index contributed by atoms with van der Waals surface area (Å²) in [5.41, 5.74) is 0.964. The highest BCUT2D eigenvalue weighted by Crippen LogP contribution is 2.24. The molecule has 1 aromatic heterocycles. The molecule has 0 aromatic carbocycles. The molecule has 0 atom stereocenters. The number of nitrogens with zero attached hydrogens (tertiary/aromatic N) is 2. The Labute approximate surface area is 108 Å². The van der Waals surface area contributed by atoms with Crippen molar-refractivity contribution in [3.05, 3.63) is 23.6 Å². The Kier molecular flexibility index (Phi) is 4.53. The van der Waals surface area contributed by atoms with E-state index in [1.807, 2.05) is 0 Å². The molecule has 4 heteroatoms. The Hall–Kier alpha value is -1.16. The molecule has 3 nitrogen and oxygen atoms in total. The lowest BCUT2D eigenvalue weighted by Crippen LogP contribution is -2.34. The second-order valence-corrected chi connectivity index (χ2v) is 5.09. The van der Waals surface area contributed by atoms with Crippen LogP contribution < -0.4 is 10.2 Å². The fourth-order valence-electron chi connectivity index (χ4n) is 2.37. The molecule has 2 heterocycles. The lowest BCUT2D eigenvalue weighted by Gasteiger charge is -2.32. The van der Waals surface area contributed by atoms with E-state index in [9.17, 15) is 4.39 Å². The molecule has 0 unspecified atom stereocenters. The number of piperidine rings is 1. The van der Waals surface area contributed by atoms with Crippen LogP contribution in [0.2, 0.25) is 0 Å². The zero-order valence-electron chi connectivity index (χ0n) is 11.2. The molecule has 1 aromatic rings. The van der Waals surface area contributed by atoms with Crippen LogP contribution in [-0.4, -0.2) is 24.6 Å². The van der Waals surface area contributed by atoms with Crippen LogP contribution in [0.25, 0.3) is 0 Å². The number of pyridine rings is 1. The summed E-state index contributed by atoms with van der Waals surface area (Å²) in [7, 11) is 0. The summed E-state index contributed by atoms with van der Waals surface area (Å²) in [5, 5.41) is 3.25. The van der Waals surface area contributed by atoms with Crippen molar-refractivity contribution >= 4 is 5.82 Å². The SMILES string of the molecule is CCNCc1cc(F)cnc1N1CCC(C)CC1. The van der Waals surface area contributed by atoms with Gasteiger partial charge in [0, 0.05) is 25.2 Å². The van der Waals surface area contributed by atoms with Crippen LogP contribution in [0.4, 0.5) is 10.2 Å². The number of aromatic nitrogens is 1. The van der Waals surface area contributed by atoms with Crippen molar-refractivity contribution in [2.45, 2.75) is 33.2 Å². The van der Waals surface area contributed by atoms with Crippen LogP contribution >= 0.6 is 0 Å². The van der Waals surface area contributed by atoms with Crippen molar-refractivity contribution in [3.8, 4) is 0 Å². The zero-order valence-corrected chi connectivity index (χ0v) is 11.2. The van der Waals surface area contributed by atoms with E-state index in [1.165, 1.54) is 19.0 Å². The van der Waals surface area contributed by atoms with Gasteiger partial charge in [0.1, 0.15) is 11.6 Å². The van der Waals surface area contributed by atoms with Crippen LogP contribution in [-0.2, 0) is 6.54 Å². The van der Waals surface area contributed by atoms with Gasteiger partial charge in [0.15, 0.2) is 0 Å². The number of hydrogen-bond acceptors (Lipinski definition) is 3. The highest BCUT2D eigenvalue weighted by Gasteiger charge is 2.19. The third-order valence-corrected chi connectivity index (χ3v) is 3.56. The number of nitrogens with one attached hydrogen (secondary N) is 1. The van der Waals surface area contributed by atoms with Crippen molar-refractivity contribution in [1.29, 1.82) is 0 Å². The average Bonchev–Trinajstić information content (AvgIpc) is 2.38. The topological polar surface area (TPSA) is 28.2 Å². The van der Waals surface area contributed by atoms with E-state index in [4.69, 9.17) is 0 Å². The molecule has 0 spiro atoms. The van der Waals surface area contributed by atoms with Gasteiger partial charge >= 0.3 is 0 Å². The van der Waals surface area contributed by atoms with Gasteiger partial charge in [-0.3, -0.25) is 0 Å². The minimum absolute atomic E-state index is 0.253. The molecule has 2 rings (SSSR count). The zero-order chi connectivity index (χ0) is 13.0. The molecule has 0 bridgehead atoms. The molecule has 1 aliphatic heterocycles. The van der Waals surface area contributed by atoms with E-state index in [2.05, 4.69) is 29.0 Å². The summed E-state index contributed by atoms with van der Waals surface area (Å²) >= 11 is 0. The predicted octanol–water partition coefficient (Wildman–Crippen LogP) is 2.57. The minimum Gasteiger partial charge on any atom is -0.356 e. The summed E-state index contributed by atoms with van der Waals surface area (Å²) in [6.07, 6.45) is 3.71. The molecular formula is C14H22FN3. The Balaban J connectivity index is 2.15. The van der Waals surface area contributed by atoms with Crippen molar-refractivity contribution < 1.29 is 4.39 Å². The molecule has 1 aliphatic rings. The predicted molar refractivity (Wildman–Crippen MR) is 72.2 cm³/mol. The van der Waals surface area contributed by atoms with Gasteiger partial charge in [-0.05, 0) is 31.4 Å². The maximum absolute atomic E-state index is 13.3. The summed E-state index contributed by atoms with van der Waals surface area (Å²) in [6, 6.07) is 1.60. The van der Waals surface area contributed by atoms with Crippen LogP contribution in [0, 0.1) is 11.7 Å². The molecule has 0 amide bonds. The second-order valence-electron chi connectivity index (χ2n) is 5.09. The largest absolute Gasteiger partial charge is 0.356 e. The van der Waals surface area contributed by atoms with Crippen LogP contribution in [0.3, 0.4) is 0 Å². The number of rotatable bonds is 4. The maximum atomic E-state index is 13.3. The Bertz CT molecular complexity index is 387. The highest BCUT2D eigenvalue weighted by molar-refractivity contribution is 5.47. The summed E-state index contributed by atoms with van der Waals surface area (Å²) in [4.78, 5) is 6.57. The summed E-state index contributed by atoms with van der Waals surface area (Å²) < 4.78 is 13.3. The van der Waals surface area contributed by atoms with Gasteiger partial charge < -0.3 is 10.2 Å². The first kappa shape index (κ1) is 13.3.